The molecular formula is C13H20N2. The minimum absolute atomic E-state index is 0.713. The summed E-state index contributed by atoms with van der Waals surface area (Å²) >= 11 is 0. The maximum Gasteiger partial charge on any atom is 0.0236 e. The van der Waals surface area contributed by atoms with Crippen LogP contribution in [0.25, 0.3) is 0 Å². The zero-order valence-corrected chi connectivity index (χ0v) is 9.66. The van der Waals surface area contributed by atoms with Crippen LogP contribution >= 0.6 is 0 Å². The zero-order valence-electron chi connectivity index (χ0n) is 9.66. The maximum absolute atomic E-state index is 3.41. The number of aryl methyl sites for hydroxylation is 1. The lowest BCUT2D eigenvalue weighted by molar-refractivity contribution is 0.248. The first-order chi connectivity index (χ1) is 7.27. The lowest BCUT2D eigenvalue weighted by atomic mass is 10.1. The molecule has 0 bridgehead atoms. The molecule has 2 rings (SSSR count). The second-order valence-electron chi connectivity index (χ2n) is 4.49. The highest BCUT2D eigenvalue weighted by molar-refractivity contribution is 5.25. The van der Waals surface area contributed by atoms with Crippen LogP contribution < -0.4 is 5.32 Å². The Kier molecular flexibility index (Phi) is 3.39. The number of benzene rings is 1. The number of hydrogen-bond acceptors (Lipinski definition) is 2. The van der Waals surface area contributed by atoms with Gasteiger partial charge in [0.05, 0.1) is 0 Å². The molecule has 1 atom stereocenters. The quantitative estimate of drug-likeness (QED) is 0.807. The Morgan fingerprint density at radius 3 is 2.87 bits per heavy atom. The van der Waals surface area contributed by atoms with Gasteiger partial charge in [-0.25, -0.2) is 0 Å². The average molecular weight is 204 g/mol. The highest BCUT2D eigenvalue weighted by Gasteiger charge is 2.19. The van der Waals surface area contributed by atoms with Crippen LogP contribution in [0.3, 0.4) is 0 Å². The molecule has 0 aromatic heterocycles. The van der Waals surface area contributed by atoms with Gasteiger partial charge >= 0.3 is 0 Å². The molecule has 0 amide bonds. The average Bonchev–Trinajstić information content (AvgIpc) is 2.74. The molecular weight excluding hydrogens is 184 g/mol. The summed E-state index contributed by atoms with van der Waals surface area (Å²) in [5, 5.41) is 3.41. The van der Waals surface area contributed by atoms with Gasteiger partial charge in [-0.15, -0.1) is 0 Å². The largest absolute Gasteiger partial charge is 0.315 e. The topological polar surface area (TPSA) is 15.3 Å². The van der Waals surface area contributed by atoms with Crippen molar-refractivity contribution in [1.29, 1.82) is 0 Å². The molecule has 0 radical (unpaired) electrons. The lowest BCUT2D eigenvalue weighted by Crippen LogP contribution is -2.33. The molecule has 1 aromatic rings. The van der Waals surface area contributed by atoms with E-state index in [0.29, 0.717) is 6.04 Å². The summed E-state index contributed by atoms with van der Waals surface area (Å²) < 4.78 is 0. The van der Waals surface area contributed by atoms with Crippen LogP contribution in [0.15, 0.2) is 24.3 Å². The SMILES string of the molecule is Cc1ccccc1CN(C)C1CCNC1. The molecule has 0 saturated carbocycles. The zero-order chi connectivity index (χ0) is 10.7. The molecule has 1 aliphatic heterocycles. The Balaban J connectivity index is 1.99. The van der Waals surface area contributed by atoms with Crippen molar-refractivity contribution in [3.05, 3.63) is 35.4 Å². The fourth-order valence-electron chi connectivity index (χ4n) is 2.20. The predicted molar refractivity (Wildman–Crippen MR) is 63.9 cm³/mol. The third-order valence-corrected chi connectivity index (χ3v) is 3.34. The summed E-state index contributed by atoms with van der Waals surface area (Å²) in [4.78, 5) is 2.46. The number of nitrogens with one attached hydrogen (secondary N) is 1. The van der Waals surface area contributed by atoms with Gasteiger partial charge in [-0.2, -0.15) is 0 Å². The van der Waals surface area contributed by atoms with Gasteiger partial charge in [0.25, 0.3) is 0 Å². The number of hydrogen-bond donors (Lipinski definition) is 1. The molecule has 1 saturated heterocycles. The minimum atomic E-state index is 0.713. The first-order valence-electron chi connectivity index (χ1n) is 5.73. The summed E-state index contributed by atoms with van der Waals surface area (Å²) in [7, 11) is 2.23. The third-order valence-electron chi connectivity index (χ3n) is 3.34. The Hall–Kier alpha value is -0.860. The summed E-state index contributed by atoms with van der Waals surface area (Å²) in [5.74, 6) is 0. The number of rotatable bonds is 3. The first-order valence-corrected chi connectivity index (χ1v) is 5.73. The van der Waals surface area contributed by atoms with E-state index in [1.54, 1.807) is 0 Å². The van der Waals surface area contributed by atoms with Gasteiger partial charge < -0.3 is 5.32 Å². The molecule has 1 heterocycles. The van der Waals surface area contributed by atoms with E-state index in [1.165, 1.54) is 24.1 Å². The second kappa shape index (κ2) is 4.77. The number of nitrogens with zero attached hydrogens (tertiary/aromatic N) is 1. The van der Waals surface area contributed by atoms with Crippen LogP contribution in [0, 0.1) is 6.92 Å². The number of likely N-dealkylation sites (N-methyl/N-ethyl adjacent to an activating group) is 1. The van der Waals surface area contributed by atoms with Crippen LogP contribution in [-0.4, -0.2) is 31.1 Å². The van der Waals surface area contributed by atoms with Crippen molar-refractivity contribution in [3.63, 3.8) is 0 Å². The van der Waals surface area contributed by atoms with Crippen LogP contribution in [0.4, 0.5) is 0 Å². The maximum atomic E-state index is 3.41. The molecule has 1 fully saturated rings. The molecule has 1 aromatic carbocycles. The molecule has 1 aliphatic rings. The van der Waals surface area contributed by atoms with Crippen molar-refractivity contribution in [1.82, 2.24) is 10.2 Å². The first kappa shape index (κ1) is 10.7. The van der Waals surface area contributed by atoms with E-state index in [4.69, 9.17) is 0 Å². The van der Waals surface area contributed by atoms with E-state index in [0.717, 1.165) is 13.1 Å². The second-order valence-corrected chi connectivity index (χ2v) is 4.49. The van der Waals surface area contributed by atoms with Crippen LogP contribution in [0.2, 0.25) is 0 Å². The highest BCUT2D eigenvalue weighted by atomic mass is 15.2. The molecule has 0 aliphatic carbocycles. The predicted octanol–water partition coefficient (Wildman–Crippen LogP) is 1.79. The van der Waals surface area contributed by atoms with Crippen molar-refractivity contribution in [2.45, 2.75) is 25.9 Å². The van der Waals surface area contributed by atoms with Crippen molar-refractivity contribution >= 4 is 0 Å². The van der Waals surface area contributed by atoms with E-state index in [-0.39, 0.29) is 0 Å². The van der Waals surface area contributed by atoms with Crippen molar-refractivity contribution in [2.24, 2.45) is 0 Å². The van der Waals surface area contributed by atoms with Crippen molar-refractivity contribution in [2.75, 3.05) is 20.1 Å². The normalized spacial score (nSPS) is 21.1. The summed E-state index contributed by atoms with van der Waals surface area (Å²) in [6.07, 6.45) is 1.28. The lowest BCUT2D eigenvalue weighted by Gasteiger charge is -2.24. The molecule has 2 heteroatoms. The molecule has 2 nitrogen and oxygen atoms in total. The Morgan fingerprint density at radius 2 is 2.20 bits per heavy atom. The van der Waals surface area contributed by atoms with E-state index < -0.39 is 0 Å². The van der Waals surface area contributed by atoms with E-state index in [1.807, 2.05) is 0 Å². The third kappa shape index (κ3) is 2.58. The van der Waals surface area contributed by atoms with Crippen LogP contribution in [0.1, 0.15) is 17.5 Å². The Morgan fingerprint density at radius 1 is 1.40 bits per heavy atom. The van der Waals surface area contributed by atoms with Crippen LogP contribution in [-0.2, 0) is 6.54 Å². The van der Waals surface area contributed by atoms with E-state index in [2.05, 4.69) is 48.5 Å². The van der Waals surface area contributed by atoms with E-state index >= 15 is 0 Å². The van der Waals surface area contributed by atoms with Gasteiger partial charge in [0.1, 0.15) is 0 Å². The molecule has 1 unspecified atom stereocenters. The van der Waals surface area contributed by atoms with Crippen molar-refractivity contribution < 1.29 is 0 Å². The molecule has 15 heavy (non-hydrogen) atoms. The van der Waals surface area contributed by atoms with Gasteiger partial charge in [0.15, 0.2) is 0 Å². The standard InChI is InChI=1S/C13H20N2/c1-11-5-3-4-6-12(11)10-15(2)13-7-8-14-9-13/h3-6,13-14H,7-10H2,1-2H3. The summed E-state index contributed by atoms with van der Waals surface area (Å²) in [6, 6.07) is 9.37. The van der Waals surface area contributed by atoms with Gasteiger partial charge in [0.2, 0.25) is 0 Å². The molecule has 1 N–H and O–H groups in total. The fraction of sp³-hybridized carbons (Fsp3) is 0.538. The Bertz CT molecular complexity index is 316. The van der Waals surface area contributed by atoms with Gasteiger partial charge in [-0.3, -0.25) is 4.90 Å². The van der Waals surface area contributed by atoms with Gasteiger partial charge in [-0.05, 0) is 38.1 Å². The smallest absolute Gasteiger partial charge is 0.0236 e. The monoisotopic (exact) mass is 204 g/mol. The molecule has 82 valence electrons. The van der Waals surface area contributed by atoms with E-state index in [9.17, 15) is 0 Å². The molecule has 0 spiro atoms. The van der Waals surface area contributed by atoms with Gasteiger partial charge in [-0.1, -0.05) is 24.3 Å². The fourth-order valence-corrected chi connectivity index (χ4v) is 2.20. The van der Waals surface area contributed by atoms with Crippen molar-refractivity contribution in [3.8, 4) is 0 Å². The van der Waals surface area contributed by atoms with Crippen LogP contribution in [0.5, 0.6) is 0 Å². The minimum Gasteiger partial charge on any atom is -0.315 e. The summed E-state index contributed by atoms with van der Waals surface area (Å²) in [5.41, 5.74) is 2.85. The highest BCUT2D eigenvalue weighted by Crippen LogP contribution is 2.13. The summed E-state index contributed by atoms with van der Waals surface area (Å²) in [6.45, 7) is 5.57. The Labute approximate surface area is 92.3 Å². The van der Waals surface area contributed by atoms with Gasteiger partial charge in [0, 0.05) is 19.1 Å².